The van der Waals surface area contributed by atoms with Crippen LogP contribution in [0.15, 0.2) is 48.5 Å². The van der Waals surface area contributed by atoms with Gasteiger partial charge in [0.2, 0.25) is 5.91 Å². The predicted octanol–water partition coefficient (Wildman–Crippen LogP) is 2.26. The van der Waals surface area contributed by atoms with Crippen molar-refractivity contribution in [3.05, 3.63) is 59.7 Å². The van der Waals surface area contributed by atoms with Gasteiger partial charge in [-0.2, -0.15) is 0 Å². The minimum Gasteiger partial charge on any atom is -0.480 e. The molecule has 33 heavy (non-hydrogen) atoms. The number of ether oxygens (including phenoxy) is 1. The summed E-state index contributed by atoms with van der Waals surface area (Å²) in [5.74, 6) is 3.03. The van der Waals surface area contributed by atoms with E-state index >= 15 is 0 Å². The Balaban J connectivity index is 1.68. The summed E-state index contributed by atoms with van der Waals surface area (Å²) in [4.78, 5) is 36.4. The Morgan fingerprint density at radius 3 is 2.12 bits per heavy atom. The molecule has 3 rings (SSSR count). The smallest absolute Gasteiger partial charge is 0.407 e. The summed E-state index contributed by atoms with van der Waals surface area (Å²) < 4.78 is 5.46. The Kier molecular flexibility index (Phi) is 7.70. The van der Waals surface area contributed by atoms with Gasteiger partial charge >= 0.3 is 12.1 Å². The zero-order chi connectivity index (χ0) is 24.0. The summed E-state index contributed by atoms with van der Waals surface area (Å²) in [6.07, 6.45) is -2.18. The maximum atomic E-state index is 12.6. The summed E-state index contributed by atoms with van der Waals surface area (Å²) in [6.45, 7) is 2.90. The van der Waals surface area contributed by atoms with E-state index in [2.05, 4.69) is 22.5 Å². The number of carboxylic acids is 1. The molecule has 2 aromatic carbocycles. The molecule has 1 aliphatic rings. The molecule has 4 N–H and O–H groups in total. The lowest BCUT2D eigenvalue weighted by molar-refractivity contribution is -0.145. The average Bonchev–Trinajstić information content (AvgIpc) is 3.12. The lowest BCUT2D eigenvalue weighted by Crippen LogP contribution is -2.54. The molecule has 0 fully saturated rings. The molecule has 0 saturated heterocycles. The number of aliphatic hydroxyl groups excluding tert-OH is 1. The van der Waals surface area contributed by atoms with Crippen molar-refractivity contribution in [2.45, 2.75) is 44.4 Å². The molecule has 8 heteroatoms. The van der Waals surface area contributed by atoms with Gasteiger partial charge in [0, 0.05) is 12.3 Å². The second-order valence-electron chi connectivity index (χ2n) is 7.72. The highest BCUT2D eigenvalue weighted by molar-refractivity contribution is 5.89. The van der Waals surface area contributed by atoms with Gasteiger partial charge in [-0.05, 0) is 36.1 Å². The molecule has 0 aliphatic heterocycles. The summed E-state index contributed by atoms with van der Waals surface area (Å²) in [7, 11) is 0. The molecule has 0 aromatic heterocycles. The van der Waals surface area contributed by atoms with E-state index in [1.165, 1.54) is 6.92 Å². The molecule has 0 heterocycles. The normalized spacial score (nSPS) is 14.5. The predicted molar refractivity (Wildman–Crippen MR) is 121 cm³/mol. The number of hydrogen-bond acceptors (Lipinski definition) is 5. The Labute approximate surface area is 192 Å². The van der Waals surface area contributed by atoms with Crippen LogP contribution in [0.1, 0.15) is 37.3 Å². The van der Waals surface area contributed by atoms with Crippen LogP contribution in [0, 0.1) is 11.8 Å². The number of carboxylic acid groups (broad SMARTS) is 1. The molecule has 0 bridgehead atoms. The highest BCUT2D eigenvalue weighted by Gasteiger charge is 2.31. The van der Waals surface area contributed by atoms with Gasteiger partial charge in [0.05, 0.1) is 6.10 Å². The lowest BCUT2D eigenvalue weighted by Gasteiger charge is -2.22. The summed E-state index contributed by atoms with van der Waals surface area (Å²) in [6, 6.07) is 13.2. The maximum Gasteiger partial charge on any atom is 0.407 e. The molecule has 0 spiro atoms. The minimum atomic E-state index is -1.51. The molecule has 2 aromatic rings. The van der Waals surface area contributed by atoms with Gasteiger partial charge in [0.15, 0.2) is 6.04 Å². The fourth-order valence-corrected chi connectivity index (χ4v) is 3.84. The molecule has 1 unspecified atom stereocenters. The van der Waals surface area contributed by atoms with Crippen molar-refractivity contribution < 1.29 is 29.3 Å². The number of carbonyl (C=O) groups is 3. The van der Waals surface area contributed by atoms with Gasteiger partial charge in [-0.25, -0.2) is 9.59 Å². The van der Waals surface area contributed by atoms with E-state index in [-0.39, 0.29) is 18.9 Å². The van der Waals surface area contributed by atoms with Gasteiger partial charge < -0.3 is 25.6 Å². The first-order valence-electron chi connectivity index (χ1n) is 10.6. The molecule has 3 atom stereocenters. The monoisotopic (exact) mass is 450 g/mol. The zero-order valence-electron chi connectivity index (χ0n) is 18.4. The van der Waals surface area contributed by atoms with Crippen molar-refractivity contribution in [3.8, 4) is 23.0 Å². The van der Waals surface area contributed by atoms with Crippen LogP contribution in [0.4, 0.5) is 4.79 Å². The zero-order valence-corrected chi connectivity index (χ0v) is 18.4. The molecule has 8 nitrogen and oxygen atoms in total. The summed E-state index contributed by atoms with van der Waals surface area (Å²) >= 11 is 0. The van der Waals surface area contributed by atoms with Crippen LogP contribution in [-0.4, -0.2) is 53.0 Å². The highest BCUT2D eigenvalue weighted by atomic mass is 16.5. The number of amides is 2. The standard InChI is InChI=1S/C25H26N2O6/c1-3-4-13-21(23(29)27-22(15(2)28)24(30)31)26-25(32)33-14-20-18-11-7-5-9-16(18)17-10-6-8-12-19(17)20/h5-12,15,20-22,28H,13-14H2,1-2H3,(H,26,32)(H,27,29)(H,30,31)/t15-,21?,22+/m1/s1. The van der Waals surface area contributed by atoms with Crippen molar-refractivity contribution in [1.29, 1.82) is 0 Å². The first-order chi connectivity index (χ1) is 15.8. The van der Waals surface area contributed by atoms with Gasteiger partial charge in [-0.15, -0.1) is 11.8 Å². The number of rotatable bonds is 8. The summed E-state index contributed by atoms with van der Waals surface area (Å²) in [5, 5.41) is 23.5. The van der Waals surface area contributed by atoms with Crippen molar-refractivity contribution in [1.82, 2.24) is 10.6 Å². The first-order valence-corrected chi connectivity index (χ1v) is 10.6. The molecule has 0 radical (unpaired) electrons. The second-order valence-corrected chi connectivity index (χ2v) is 7.72. The second kappa shape index (κ2) is 10.7. The topological polar surface area (TPSA) is 125 Å². The van der Waals surface area contributed by atoms with Crippen LogP contribution in [-0.2, 0) is 14.3 Å². The first kappa shape index (κ1) is 23.8. The molecule has 0 saturated carbocycles. The highest BCUT2D eigenvalue weighted by Crippen LogP contribution is 2.44. The number of alkyl carbamates (subject to hydrolysis) is 1. The largest absolute Gasteiger partial charge is 0.480 e. The van der Waals surface area contributed by atoms with E-state index in [0.29, 0.717) is 0 Å². The lowest BCUT2D eigenvalue weighted by atomic mass is 9.98. The van der Waals surface area contributed by atoms with Crippen LogP contribution in [0.2, 0.25) is 0 Å². The molecule has 172 valence electrons. The van der Waals surface area contributed by atoms with Crippen LogP contribution in [0.5, 0.6) is 0 Å². The van der Waals surface area contributed by atoms with Crippen LogP contribution < -0.4 is 10.6 Å². The van der Waals surface area contributed by atoms with Gasteiger partial charge in [0.1, 0.15) is 12.6 Å². The van der Waals surface area contributed by atoms with Crippen molar-refractivity contribution in [2.75, 3.05) is 6.61 Å². The minimum absolute atomic E-state index is 0.0430. The van der Waals surface area contributed by atoms with E-state index in [0.717, 1.165) is 22.3 Å². The number of hydrogen-bond donors (Lipinski definition) is 4. The third-order valence-corrected chi connectivity index (χ3v) is 5.48. The number of fused-ring (bicyclic) bond motifs is 3. The Morgan fingerprint density at radius 1 is 1.03 bits per heavy atom. The van der Waals surface area contributed by atoms with Crippen molar-refractivity contribution in [3.63, 3.8) is 0 Å². The number of nitrogens with one attached hydrogen (secondary N) is 2. The number of aliphatic carboxylic acids is 1. The van der Waals surface area contributed by atoms with Crippen LogP contribution in [0.25, 0.3) is 11.1 Å². The van der Waals surface area contributed by atoms with E-state index in [9.17, 15) is 24.6 Å². The van der Waals surface area contributed by atoms with Crippen molar-refractivity contribution >= 4 is 18.0 Å². The number of carbonyl (C=O) groups excluding carboxylic acids is 2. The fraction of sp³-hybridized carbons (Fsp3) is 0.320. The third kappa shape index (κ3) is 5.51. The average molecular weight is 450 g/mol. The third-order valence-electron chi connectivity index (χ3n) is 5.48. The van der Waals surface area contributed by atoms with E-state index in [1.54, 1.807) is 6.92 Å². The quantitative estimate of drug-likeness (QED) is 0.457. The fourth-order valence-electron chi connectivity index (χ4n) is 3.84. The van der Waals surface area contributed by atoms with E-state index in [4.69, 9.17) is 4.74 Å². The number of aliphatic hydroxyl groups is 1. The Bertz CT molecular complexity index is 1060. The van der Waals surface area contributed by atoms with Gasteiger partial charge in [-0.1, -0.05) is 48.5 Å². The van der Waals surface area contributed by atoms with Crippen LogP contribution in [0.3, 0.4) is 0 Å². The Hall–Kier alpha value is -3.83. The summed E-state index contributed by atoms with van der Waals surface area (Å²) in [5.41, 5.74) is 4.29. The van der Waals surface area contributed by atoms with E-state index in [1.807, 2.05) is 48.5 Å². The SMILES string of the molecule is CC#CCC(NC(=O)OCC1c2ccccc2-c2ccccc21)C(=O)N[C@H](C(=O)O)[C@@H](C)O. The van der Waals surface area contributed by atoms with Gasteiger partial charge in [0.25, 0.3) is 0 Å². The van der Waals surface area contributed by atoms with E-state index < -0.39 is 36.2 Å². The van der Waals surface area contributed by atoms with Gasteiger partial charge in [-0.3, -0.25) is 4.79 Å². The molecular weight excluding hydrogens is 424 g/mol. The number of benzene rings is 2. The van der Waals surface area contributed by atoms with Crippen LogP contribution >= 0.6 is 0 Å². The maximum absolute atomic E-state index is 12.6. The Morgan fingerprint density at radius 2 is 1.61 bits per heavy atom. The molecule has 1 aliphatic carbocycles. The molecular formula is C25H26N2O6. The molecule has 2 amide bonds. The van der Waals surface area contributed by atoms with Crippen molar-refractivity contribution in [2.24, 2.45) is 0 Å².